The normalized spacial score (nSPS) is 22.1. The summed E-state index contributed by atoms with van der Waals surface area (Å²) in [6.45, 7) is 4.16. The van der Waals surface area contributed by atoms with Crippen molar-refractivity contribution >= 4 is 0 Å². The lowest BCUT2D eigenvalue weighted by Crippen LogP contribution is -2.33. The number of rotatable bonds is 4. The average molecular weight is 238 g/mol. The molecule has 1 heterocycles. The quantitative estimate of drug-likeness (QED) is 0.864. The predicted octanol–water partition coefficient (Wildman–Crippen LogP) is 1.53. The molecule has 0 aromatic heterocycles. The first-order valence-electron chi connectivity index (χ1n) is 5.91. The highest BCUT2D eigenvalue weighted by molar-refractivity contribution is 5.29. The van der Waals surface area contributed by atoms with E-state index in [1.54, 1.807) is 0 Å². The molecule has 1 N–H and O–H groups in total. The second-order valence-corrected chi connectivity index (χ2v) is 3.93. The highest BCUT2D eigenvalue weighted by Crippen LogP contribution is 2.23. The van der Waals surface area contributed by atoms with E-state index in [0.717, 1.165) is 11.3 Å². The van der Waals surface area contributed by atoms with Crippen LogP contribution < -0.4 is 4.74 Å². The van der Waals surface area contributed by atoms with Crippen molar-refractivity contribution in [1.29, 1.82) is 0 Å². The molecule has 0 saturated carbocycles. The molecule has 17 heavy (non-hydrogen) atoms. The highest BCUT2D eigenvalue weighted by atomic mass is 16.6. The van der Waals surface area contributed by atoms with Crippen LogP contribution in [0.3, 0.4) is 0 Å². The van der Waals surface area contributed by atoms with E-state index < -0.39 is 6.10 Å². The summed E-state index contributed by atoms with van der Waals surface area (Å²) in [6, 6.07) is 7.42. The van der Waals surface area contributed by atoms with Gasteiger partial charge in [-0.1, -0.05) is 12.1 Å². The molecule has 0 spiro atoms. The Morgan fingerprint density at radius 2 is 2.12 bits per heavy atom. The van der Waals surface area contributed by atoms with Gasteiger partial charge in [0.15, 0.2) is 0 Å². The summed E-state index contributed by atoms with van der Waals surface area (Å²) in [5.41, 5.74) is 0.823. The molecule has 1 aliphatic heterocycles. The van der Waals surface area contributed by atoms with E-state index in [1.807, 2.05) is 31.2 Å². The summed E-state index contributed by atoms with van der Waals surface area (Å²) in [5.74, 6) is 0.810. The Balaban J connectivity index is 2.00. The van der Waals surface area contributed by atoms with Crippen LogP contribution in [0.4, 0.5) is 0 Å². The average Bonchev–Trinajstić information content (AvgIpc) is 2.40. The molecule has 4 heteroatoms. The van der Waals surface area contributed by atoms with Crippen LogP contribution in [0.5, 0.6) is 5.75 Å². The zero-order valence-electron chi connectivity index (χ0n) is 9.96. The first-order valence-corrected chi connectivity index (χ1v) is 5.91. The predicted molar refractivity (Wildman–Crippen MR) is 63.1 cm³/mol. The molecule has 1 aromatic rings. The second kappa shape index (κ2) is 6.00. The van der Waals surface area contributed by atoms with Gasteiger partial charge in [0.25, 0.3) is 0 Å². The van der Waals surface area contributed by atoms with Gasteiger partial charge in [0.2, 0.25) is 0 Å². The molecule has 0 aliphatic carbocycles. The van der Waals surface area contributed by atoms with Gasteiger partial charge in [0.05, 0.1) is 26.4 Å². The maximum atomic E-state index is 10.1. The Kier molecular flexibility index (Phi) is 4.36. The standard InChI is InChI=1S/C13H18O4/c1-2-16-11-5-3-10(4-6-11)13(14)12-9-15-7-8-17-12/h3-6,12-14H,2,7-9H2,1H3. The lowest BCUT2D eigenvalue weighted by atomic mass is 10.0. The lowest BCUT2D eigenvalue weighted by molar-refractivity contribution is -0.133. The molecular formula is C13H18O4. The Bertz CT molecular complexity index is 330. The molecule has 2 rings (SSSR count). The van der Waals surface area contributed by atoms with E-state index in [1.165, 1.54) is 0 Å². The van der Waals surface area contributed by atoms with Crippen molar-refractivity contribution in [2.24, 2.45) is 0 Å². The van der Waals surface area contributed by atoms with Crippen LogP contribution in [0.2, 0.25) is 0 Å². The molecule has 2 atom stereocenters. The number of hydrogen-bond donors (Lipinski definition) is 1. The third kappa shape index (κ3) is 3.19. The van der Waals surface area contributed by atoms with Gasteiger partial charge in [-0.3, -0.25) is 0 Å². The van der Waals surface area contributed by atoms with Crippen LogP contribution in [0.25, 0.3) is 0 Å². The molecular weight excluding hydrogens is 220 g/mol. The summed E-state index contributed by atoms with van der Waals surface area (Å²) >= 11 is 0. The van der Waals surface area contributed by atoms with Crippen LogP contribution in [0, 0.1) is 0 Å². The van der Waals surface area contributed by atoms with Crippen molar-refractivity contribution in [2.75, 3.05) is 26.4 Å². The molecule has 2 unspecified atom stereocenters. The molecule has 1 saturated heterocycles. The van der Waals surface area contributed by atoms with E-state index in [2.05, 4.69) is 0 Å². The SMILES string of the molecule is CCOc1ccc(C(O)C2COCCO2)cc1. The fourth-order valence-corrected chi connectivity index (χ4v) is 1.83. The third-order valence-electron chi connectivity index (χ3n) is 2.73. The summed E-state index contributed by atoms with van der Waals surface area (Å²) < 4.78 is 16.1. The van der Waals surface area contributed by atoms with Gasteiger partial charge in [-0.25, -0.2) is 0 Å². The van der Waals surface area contributed by atoms with Crippen molar-refractivity contribution in [1.82, 2.24) is 0 Å². The Labute approximate surface area is 101 Å². The minimum absolute atomic E-state index is 0.276. The van der Waals surface area contributed by atoms with Crippen molar-refractivity contribution in [3.05, 3.63) is 29.8 Å². The summed E-state index contributed by atoms with van der Waals surface area (Å²) in [7, 11) is 0. The number of hydrogen-bond acceptors (Lipinski definition) is 4. The molecule has 4 nitrogen and oxygen atoms in total. The number of aliphatic hydroxyl groups excluding tert-OH is 1. The number of benzene rings is 1. The van der Waals surface area contributed by atoms with Crippen molar-refractivity contribution in [3.63, 3.8) is 0 Å². The van der Waals surface area contributed by atoms with E-state index in [0.29, 0.717) is 26.4 Å². The van der Waals surface area contributed by atoms with E-state index >= 15 is 0 Å². The van der Waals surface area contributed by atoms with Gasteiger partial charge in [0.1, 0.15) is 18.0 Å². The Hall–Kier alpha value is -1.10. The molecule has 1 aromatic carbocycles. The maximum Gasteiger partial charge on any atom is 0.119 e. The monoisotopic (exact) mass is 238 g/mol. The summed E-state index contributed by atoms with van der Waals surface area (Å²) in [4.78, 5) is 0. The Morgan fingerprint density at radius 3 is 2.71 bits per heavy atom. The first-order chi connectivity index (χ1) is 8.31. The fourth-order valence-electron chi connectivity index (χ4n) is 1.83. The third-order valence-corrected chi connectivity index (χ3v) is 2.73. The van der Waals surface area contributed by atoms with Gasteiger partial charge >= 0.3 is 0 Å². The van der Waals surface area contributed by atoms with Gasteiger partial charge in [0, 0.05) is 0 Å². The molecule has 94 valence electrons. The van der Waals surface area contributed by atoms with Gasteiger partial charge in [-0.15, -0.1) is 0 Å². The van der Waals surface area contributed by atoms with Crippen LogP contribution in [0.15, 0.2) is 24.3 Å². The number of ether oxygens (including phenoxy) is 3. The van der Waals surface area contributed by atoms with Crippen LogP contribution in [-0.2, 0) is 9.47 Å². The fraction of sp³-hybridized carbons (Fsp3) is 0.538. The minimum atomic E-state index is -0.647. The molecule has 1 fully saturated rings. The largest absolute Gasteiger partial charge is 0.494 e. The molecule has 0 bridgehead atoms. The zero-order valence-corrected chi connectivity index (χ0v) is 9.96. The minimum Gasteiger partial charge on any atom is -0.494 e. The van der Waals surface area contributed by atoms with E-state index in [-0.39, 0.29) is 6.10 Å². The van der Waals surface area contributed by atoms with E-state index in [4.69, 9.17) is 14.2 Å². The van der Waals surface area contributed by atoms with Crippen molar-refractivity contribution in [2.45, 2.75) is 19.1 Å². The zero-order chi connectivity index (χ0) is 12.1. The van der Waals surface area contributed by atoms with Crippen LogP contribution in [0.1, 0.15) is 18.6 Å². The second-order valence-electron chi connectivity index (χ2n) is 3.93. The molecule has 0 amide bonds. The smallest absolute Gasteiger partial charge is 0.119 e. The maximum absolute atomic E-state index is 10.1. The van der Waals surface area contributed by atoms with E-state index in [9.17, 15) is 5.11 Å². The van der Waals surface area contributed by atoms with Crippen molar-refractivity contribution < 1.29 is 19.3 Å². The van der Waals surface area contributed by atoms with Gasteiger partial charge in [-0.2, -0.15) is 0 Å². The topological polar surface area (TPSA) is 47.9 Å². The highest BCUT2D eigenvalue weighted by Gasteiger charge is 2.24. The number of aliphatic hydroxyl groups is 1. The Morgan fingerprint density at radius 1 is 1.35 bits per heavy atom. The first kappa shape index (κ1) is 12.4. The van der Waals surface area contributed by atoms with Gasteiger partial charge in [-0.05, 0) is 24.6 Å². The lowest BCUT2D eigenvalue weighted by Gasteiger charge is -2.27. The molecule has 1 aliphatic rings. The van der Waals surface area contributed by atoms with Gasteiger partial charge < -0.3 is 19.3 Å². The molecule has 0 radical (unpaired) electrons. The summed E-state index contributed by atoms with van der Waals surface area (Å²) in [5, 5.41) is 10.1. The van der Waals surface area contributed by atoms with Crippen molar-refractivity contribution in [3.8, 4) is 5.75 Å². The summed E-state index contributed by atoms with van der Waals surface area (Å²) in [6.07, 6.45) is -0.923. The van der Waals surface area contributed by atoms with Crippen LogP contribution >= 0.6 is 0 Å². The van der Waals surface area contributed by atoms with Crippen LogP contribution in [-0.4, -0.2) is 37.6 Å².